The van der Waals surface area contributed by atoms with E-state index >= 15 is 0 Å². The van der Waals surface area contributed by atoms with E-state index in [-0.39, 0.29) is 6.04 Å². The van der Waals surface area contributed by atoms with Crippen molar-refractivity contribution in [3.8, 4) is 0 Å². The minimum absolute atomic E-state index is 0.123. The first-order chi connectivity index (χ1) is 7.83. The summed E-state index contributed by atoms with van der Waals surface area (Å²) in [5.74, 6) is 0.371. The second-order valence-corrected chi connectivity index (χ2v) is 5.12. The quantitative estimate of drug-likeness (QED) is 0.794. The molecule has 16 heavy (non-hydrogen) atoms. The molecule has 3 heteroatoms. The monoisotopic (exact) mass is 224 g/mol. The summed E-state index contributed by atoms with van der Waals surface area (Å²) in [6.07, 6.45) is 8.26. The van der Waals surface area contributed by atoms with E-state index in [1.165, 1.54) is 32.1 Å². The third kappa shape index (κ3) is 2.57. The summed E-state index contributed by atoms with van der Waals surface area (Å²) in [6, 6.07) is 0.645. The molecule has 92 valence electrons. The Kier molecular flexibility index (Phi) is 4.22. The lowest BCUT2D eigenvalue weighted by Crippen LogP contribution is -2.50. The predicted molar refractivity (Wildman–Crippen MR) is 65.3 cm³/mol. The van der Waals surface area contributed by atoms with Gasteiger partial charge in [0.05, 0.1) is 6.04 Å². The molecule has 0 radical (unpaired) electrons. The van der Waals surface area contributed by atoms with Gasteiger partial charge in [0.2, 0.25) is 5.91 Å². The van der Waals surface area contributed by atoms with Crippen molar-refractivity contribution in [3.05, 3.63) is 0 Å². The Morgan fingerprint density at radius 2 is 2.19 bits per heavy atom. The molecule has 0 spiro atoms. The van der Waals surface area contributed by atoms with E-state index < -0.39 is 0 Å². The lowest BCUT2D eigenvalue weighted by molar-refractivity contribution is -0.136. The average Bonchev–Trinajstić information content (AvgIpc) is 2.83. The molecule has 0 bridgehead atoms. The second kappa shape index (κ2) is 5.67. The highest BCUT2D eigenvalue weighted by atomic mass is 16.2. The lowest BCUT2D eigenvalue weighted by Gasteiger charge is -2.37. The fourth-order valence-corrected chi connectivity index (χ4v) is 3.02. The van der Waals surface area contributed by atoms with Crippen LogP contribution in [0.25, 0.3) is 0 Å². The second-order valence-electron chi connectivity index (χ2n) is 5.12. The molecule has 2 rings (SSSR count). The predicted octanol–water partition coefficient (Wildman–Crippen LogP) is 1.92. The molecule has 2 fully saturated rings. The van der Waals surface area contributed by atoms with Crippen molar-refractivity contribution < 1.29 is 4.79 Å². The van der Waals surface area contributed by atoms with Crippen LogP contribution < -0.4 is 5.32 Å². The number of hydrogen-bond acceptors (Lipinski definition) is 2. The van der Waals surface area contributed by atoms with Gasteiger partial charge in [0.25, 0.3) is 0 Å². The molecule has 0 aromatic heterocycles. The first-order valence-electron chi connectivity index (χ1n) is 6.86. The largest absolute Gasteiger partial charge is 0.338 e. The van der Waals surface area contributed by atoms with Gasteiger partial charge in [-0.15, -0.1) is 0 Å². The van der Waals surface area contributed by atoms with E-state index in [0.717, 1.165) is 25.9 Å². The first-order valence-corrected chi connectivity index (χ1v) is 6.86. The van der Waals surface area contributed by atoms with Gasteiger partial charge < -0.3 is 10.2 Å². The van der Waals surface area contributed by atoms with Gasteiger partial charge in [-0.3, -0.25) is 4.79 Å². The van der Waals surface area contributed by atoms with E-state index in [1.807, 2.05) is 0 Å². The molecule has 1 N–H and O–H groups in total. The van der Waals surface area contributed by atoms with Gasteiger partial charge in [-0.05, 0) is 45.1 Å². The van der Waals surface area contributed by atoms with Crippen LogP contribution in [0.1, 0.15) is 51.9 Å². The Balaban J connectivity index is 1.95. The molecule has 2 heterocycles. The van der Waals surface area contributed by atoms with Gasteiger partial charge in [-0.2, -0.15) is 0 Å². The number of nitrogens with zero attached hydrogens (tertiary/aromatic N) is 1. The molecule has 0 aliphatic carbocycles. The molecule has 1 amide bonds. The summed E-state index contributed by atoms with van der Waals surface area (Å²) in [6.45, 7) is 4.22. The Hall–Kier alpha value is -0.570. The third-order valence-corrected chi connectivity index (χ3v) is 3.89. The molecule has 0 aromatic carbocycles. The minimum atomic E-state index is 0.123. The maximum Gasteiger partial charge on any atom is 0.239 e. The van der Waals surface area contributed by atoms with Crippen LogP contribution in [0.4, 0.5) is 0 Å². The summed E-state index contributed by atoms with van der Waals surface area (Å²) >= 11 is 0. The fraction of sp³-hybridized carbons (Fsp3) is 0.923. The van der Waals surface area contributed by atoms with E-state index in [4.69, 9.17) is 0 Å². The van der Waals surface area contributed by atoms with Crippen molar-refractivity contribution >= 4 is 5.91 Å². The number of likely N-dealkylation sites (tertiary alicyclic amines) is 1. The van der Waals surface area contributed by atoms with Crippen LogP contribution in [0.15, 0.2) is 0 Å². The van der Waals surface area contributed by atoms with Crippen LogP contribution in [0, 0.1) is 0 Å². The third-order valence-electron chi connectivity index (χ3n) is 3.89. The Bertz CT molecular complexity index is 234. The van der Waals surface area contributed by atoms with Crippen LogP contribution in [0.2, 0.25) is 0 Å². The average molecular weight is 224 g/mol. The Morgan fingerprint density at radius 1 is 1.31 bits per heavy atom. The number of carbonyl (C=O) groups excluding carboxylic acids is 1. The van der Waals surface area contributed by atoms with E-state index in [2.05, 4.69) is 17.1 Å². The zero-order valence-electron chi connectivity index (χ0n) is 10.4. The number of amides is 1. The van der Waals surface area contributed by atoms with Crippen LogP contribution in [-0.2, 0) is 4.79 Å². The summed E-state index contributed by atoms with van der Waals surface area (Å²) in [5, 5.41) is 3.33. The normalized spacial score (nSPS) is 30.7. The van der Waals surface area contributed by atoms with Gasteiger partial charge in [-0.25, -0.2) is 0 Å². The molecular formula is C13H24N2O. The summed E-state index contributed by atoms with van der Waals surface area (Å²) in [5.41, 5.74) is 0. The molecule has 3 nitrogen and oxygen atoms in total. The topological polar surface area (TPSA) is 32.3 Å². The van der Waals surface area contributed by atoms with Crippen LogP contribution in [-0.4, -0.2) is 36.0 Å². The van der Waals surface area contributed by atoms with Crippen molar-refractivity contribution in [2.24, 2.45) is 0 Å². The van der Waals surface area contributed by atoms with Crippen molar-refractivity contribution in [1.82, 2.24) is 10.2 Å². The molecule has 0 aromatic rings. The summed E-state index contributed by atoms with van der Waals surface area (Å²) < 4.78 is 0. The number of nitrogens with one attached hydrogen (secondary N) is 1. The number of rotatable bonds is 3. The smallest absolute Gasteiger partial charge is 0.239 e. The van der Waals surface area contributed by atoms with Crippen LogP contribution in [0.5, 0.6) is 0 Å². The van der Waals surface area contributed by atoms with Gasteiger partial charge >= 0.3 is 0 Å². The Morgan fingerprint density at radius 3 is 2.88 bits per heavy atom. The summed E-state index contributed by atoms with van der Waals surface area (Å²) in [7, 11) is 0. The SMILES string of the molecule is CCCC1CCCCN1C(=O)C1CCCN1. The highest BCUT2D eigenvalue weighted by molar-refractivity contribution is 5.82. The van der Waals surface area contributed by atoms with E-state index in [0.29, 0.717) is 11.9 Å². The maximum atomic E-state index is 12.3. The van der Waals surface area contributed by atoms with Crippen molar-refractivity contribution in [3.63, 3.8) is 0 Å². The maximum absolute atomic E-state index is 12.3. The zero-order valence-corrected chi connectivity index (χ0v) is 10.4. The standard InChI is InChI=1S/C13H24N2O/c1-2-6-11-7-3-4-10-15(11)13(16)12-8-5-9-14-12/h11-12,14H,2-10H2,1H3. The number of carbonyl (C=O) groups is 1. The van der Waals surface area contributed by atoms with Gasteiger partial charge in [0, 0.05) is 12.6 Å². The highest BCUT2D eigenvalue weighted by Gasteiger charge is 2.32. The molecule has 0 saturated carbocycles. The van der Waals surface area contributed by atoms with E-state index in [9.17, 15) is 4.79 Å². The molecule has 2 aliphatic rings. The number of piperidine rings is 1. The number of hydrogen-bond donors (Lipinski definition) is 1. The molecule has 2 saturated heterocycles. The van der Waals surface area contributed by atoms with Crippen LogP contribution in [0.3, 0.4) is 0 Å². The van der Waals surface area contributed by atoms with Gasteiger partial charge in [-0.1, -0.05) is 13.3 Å². The van der Waals surface area contributed by atoms with Gasteiger partial charge in [0.1, 0.15) is 0 Å². The lowest BCUT2D eigenvalue weighted by atomic mass is 9.97. The molecule has 2 aliphatic heterocycles. The zero-order chi connectivity index (χ0) is 11.4. The Labute approximate surface area is 98.6 Å². The molecule has 2 atom stereocenters. The molecule has 2 unspecified atom stereocenters. The fourth-order valence-electron chi connectivity index (χ4n) is 3.02. The van der Waals surface area contributed by atoms with E-state index in [1.54, 1.807) is 0 Å². The minimum Gasteiger partial charge on any atom is -0.338 e. The van der Waals surface area contributed by atoms with Crippen molar-refractivity contribution in [1.29, 1.82) is 0 Å². The molecular weight excluding hydrogens is 200 g/mol. The van der Waals surface area contributed by atoms with Crippen LogP contribution >= 0.6 is 0 Å². The first kappa shape index (κ1) is 11.9. The van der Waals surface area contributed by atoms with Crippen molar-refractivity contribution in [2.75, 3.05) is 13.1 Å². The van der Waals surface area contributed by atoms with Crippen molar-refractivity contribution in [2.45, 2.75) is 64.0 Å². The highest BCUT2D eigenvalue weighted by Crippen LogP contribution is 2.23. The van der Waals surface area contributed by atoms with Gasteiger partial charge in [0.15, 0.2) is 0 Å². The summed E-state index contributed by atoms with van der Waals surface area (Å²) in [4.78, 5) is 14.5.